The Morgan fingerprint density at radius 3 is 2.22 bits per heavy atom. The van der Waals surface area contributed by atoms with Crippen LogP contribution in [0.1, 0.15) is 52.2 Å². The lowest BCUT2D eigenvalue weighted by Crippen LogP contribution is -2.16. The normalized spacial score (nSPS) is 12.3. The third-order valence-corrected chi connectivity index (χ3v) is 4.74. The fourth-order valence-corrected chi connectivity index (χ4v) is 3.39. The minimum atomic E-state index is -0.126. The van der Waals surface area contributed by atoms with Gasteiger partial charge in [-0.2, -0.15) is 0 Å². The first-order chi connectivity index (χ1) is 11.1. The number of carbonyl (C=O) groups excluding carboxylic acids is 1. The molecule has 2 aromatic carbocycles. The minimum Gasteiger partial charge on any atom is -0.293 e. The Labute approximate surface area is 140 Å². The predicted octanol–water partition coefficient (Wildman–Crippen LogP) is 5.73. The molecule has 0 aliphatic carbocycles. The molecule has 0 spiro atoms. The highest BCUT2D eigenvalue weighted by molar-refractivity contribution is 7.23. The Bertz CT molecular complexity index is 644. The van der Waals surface area contributed by atoms with E-state index in [1.807, 2.05) is 62.4 Å². The molecule has 1 atom stereocenters. The second kappa shape index (κ2) is 8.74. The zero-order chi connectivity index (χ0) is 16.7. The summed E-state index contributed by atoms with van der Waals surface area (Å²) in [6, 6.07) is 16.0. The summed E-state index contributed by atoms with van der Waals surface area (Å²) < 4.78 is 10.6. The van der Waals surface area contributed by atoms with E-state index < -0.39 is 0 Å². The summed E-state index contributed by atoms with van der Waals surface area (Å²) in [7, 11) is 0.190. The lowest BCUT2D eigenvalue weighted by Gasteiger charge is -2.19. The number of rotatable bonds is 8. The molecule has 0 heterocycles. The van der Waals surface area contributed by atoms with Crippen LogP contribution in [0.15, 0.2) is 48.5 Å². The van der Waals surface area contributed by atoms with Gasteiger partial charge in [-0.1, -0.05) is 55.0 Å². The van der Waals surface area contributed by atoms with Gasteiger partial charge in [-0.25, -0.2) is 0 Å². The van der Waals surface area contributed by atoms with Crippen molar-refractivity contribution < 1.29 is 9.36 Å². The molecule has 0 saturated carbocycles. The fourth-order valence-electron chi connectivity index (χ4n) is 3.04. The van der Waals surface area contributed by atoms with Gasteiger partial charge < -0.3 is 0 Å². The SMILES string of the molecule is Cc1cccc(C)c1C(=O)C(CCCCP=O)c1ccccc1. The van der Waals surface area contributed by atoms with Gasteiger partial charge in [0, 0.05) is 17.6 Å². The van der Waals surface area contributed by atoms with E-state index in [2.05, 4.69) is 0 Å². The van der Waals surface area contributed by atoms with E-state index in [0.29, 0.717) is 6.16 Å². The number of ketones is 1. The van der Waals surface area contributed by atoms with E-state index in [4.69, 9.17) is 0 Å². The molecular weight excluding hydrogens is 303 g/mol. The summed E-state index contributed by atoms with van der Waals surface area (Å²) >= 11 is 0. The number of carbonyl (C=O) groups is 1. The lowest BCUT2D eigenvalue weighted by molar-refractivity contribution is 0.0953. The van der Waals surface area contributed by atoms with E-state index >= 15 is 0 Å². The van der Waals surface area contributed by atoms with Crippen molar-refractivity contribution in [3.63, 3.8) is 0 Å². The van der Waals surface area contributed by atoms with Gasteiger partial charge in [0.2, 0.25) is 0 Å². The predicted molar refractivity (Wildman–Crippen MR) is 95.8 cm³/mol. The standard InChI is InChI=1S/C20H23O2P/c1-15-9-8-10-16(2)19(15)20(21)18(13-6-7-14-23-22)17-11-4-3-5-12-17/h3-5,8-12,18H,6-7,13-14H2,1-2H3. The van der Waals surface area contributed by atoms with Crippen LogP contribution in [0.4, 0.5) is 0 Å². The zero-order valence-electron chi connectivity index (χ0n) is 13.8. The monoisotopic (exact) mass is 326 g/mol. The van der Waals surface area contributed by atoms with Crippen LogP contribution in [0, 0.1) is 13.8 Å². The highest BCUT2D eigenvalue weighted by atomic mass is 31.1. The average Bonchev–Trinajstić information content (AvgIpc) is 2.55. The Kier molecular flexibility index (Phi) is 6.67. The van der Waals surface area contributed by atoms with E-state index in [0.717, 1.165) is 41.5 Å². The van der Waals surface area contributed by atoms with Crippen LogP contribution >= 0.6 is 8.46 Å². The summed E-state index contributed by atoms with van der Waals surface area (Å²) in [6.07, 6.45) is 3.26. The summed E-state index contributed by atoms with van der Waals surface area (Å²) in [5, 5.41) is 0. The van der Waals surface area contributed by atoms with Gasteiger partial charge in [-0.15, -0.1) is 0 Å². The quantitative estimate of drug-likeness (QED) is 0.352. The lowest BCUT2D eigenvalue weighted by atomic mass is 9.84. The molecule has 0 fully saturated rings. The number of hydrogen-bond donors (Lipinski definition) is 0. The maximum Gasteiger partial charge on any atom is 0.170 e. The third kappa shape index (κ3) is 4.59. The van der Waals surface area contributed by atoms with Crippen molar-refractivity contribution in [3.05, 3.63) is 70.8 Å². The van der Waals surface area contributed by atoms with E-state index in [-0.39, 0.29) is 20.2 Å². The van der Waals surface area contributed by atoms with Crippen LogP contribution in [-0.4, -0.2) is 11.9 Å². The number of unbranched alkanes of at least 4 members (excludes halogenated alkanes) is 1. The van der Waals surface area contributed by atoms with Crippen molar-refractivity contribution >= 4 is 14.2 Å². The minimum absolute atomic E-state index is 0.126. The van der Waals surface area contributed by atoms with Crippen molar-refractivity contribution in [2.75, 3.05) is 6.16 Å². The van der Waals surface area contributed by atoms with Gasteiger partial charge in [-0.05, 0) is 43.4 Å². The van der Waals surface area contributed by atoms with Gasteiger partial charge in [-0.3, -0.25) is 9.36 Å². The molecule has 2 aromatic rings. The summed E-state index contributed by atoms with van der Waals surface area (Å²) in [5.41, 5.74) is 3.99. The first kappa shape index (κ1) is 17.6. The molecule has 2 rings (SSSR count). The van der Waals surface area contributed by atoms with Crippen LogP contribution in [0.3, 0.4) is 0 Å². The van der Waals surface area contributed by atoms with Crippen LogP contribution in [-0.2, 0) is 4.57 Å². The van der Waals surface area contributed by atoms with E-state index in [9.17, 15) is 9.36 Å². The average molecular weight is 326 g/mol. The molecule has 2 nitrogen and oxygen atoms in total. The molecule has 0 radical (unpaired) electrons. The van der Waals surface area contributed by atoms with Crippen molar-refractivity contribution in [2.45, 2.75) is 39.0 Å². The molecule has 23 heavy (non-hydrogen) atoms. The molecule has 3 heteroatoms. The first-order valence-electron chi connectivity index (χ1n) is 8.09. The number of Topliss-reactive ketones (excluding diaryl/α,β-unsaturated/α-hetero) is 1. The number of benzene rings is 2. The molecule has 120 valence electrons. The van der Waals surface area contributed by atoms with Crippen molar-refractivity contribution in [2.24, 2.45) is 0 Å². The number of aryl methyl sites for hydroxylation is 2. The largest absolute Gasteiger partial charge is 0.293 e. The Morgan fingerprint density at radius 1 is 0.957 bits per heavy atom. The summed E-state index contributed by atoms with van der Waals surface area (Å²) in [4.78, 5) is 13.2. The van der Waals surface area contributed by atoms with Crippen LogP contribution in [0.5, 0.6) is 0 Å². The Morgan fingerprint density at radius 2 is 1.61 bits per heavy atom. The molecule has 0 saturated heterocycles. The molecular formula is C20H23O2P. The maximum atomic E-state index is 13.2. The van der Waals surface area contributed by atoms with Gasteiger partial charge in [0.25, 0.3) is 0 Å². The fraction of sp³-hybridized carbons (Fsp3) is 0.350. The van der Waals surface area contributed by atoms with Crippen LogP contribution in [0.2, 0.25) is 0 Å². The second-order valence-corrected chi connectivity index (χ2v) is 6.65. The molecule has 0 aromatic heterocycles. The van der Waals surface area contributed by atoms with Crippen molar-refractivity contribution in [1.82, 2.24) is 0 Å². The third-order valence-electron chi connectivity index (χ3n) is 4.24. The van der Waals surface area contributed by atoms with Crippen molar-refractivity contribution in [3.8, 4) is 0 Å². The van der Waals surface area contributed by atoms with Crippen LogP contribution in [0.25, 0.3) is 0 Å². The topological polar surface area (TPSA) is 34.1 Å². The first-order valence-corrected chi connectivity index (χ1v) is 9.09. The van der Waals surface area contributed by atoms with Gasteiger partial charge in [0.1, 0.15) is 0 Å². The smallest absolute Gasteiger partial charge is 0.170 e. The summed E-state index contributed by atoms with van der Waals surface area (Å²) in [6.45, 7) is 4.00. The molecule has 0 N–H and O–H groups in total. The maximum absolute atomic E-state index is 13.2. The molecule has 0 aliphatic heterocycles. The molecule has 0 bridgehead atoms. The highest BCUT2D eigenvalue weighted by Crippen LogP contribution is 2.29. The summed E-state index contributed by atoms with van der Waals surface area (Å²) in [5.74, 6) is 0.0748. The second-order valence-electron chi connectivity index (χ2n) is 5.94. The Hall–Kier alpha value is -1.79. The molecule has 0 amide bonds. The van der Waals surface area contributed by atoms with E-state index in [1.54, 1.807) is 0 Å². The zero-order valence-corrected chi connectivity index (χ0v) is 14.7. The van der Waals surface area contributed by atoms with Crippen molar-refractivity contribution in [1.29, 1.82) is 0 Å². The highest BCUT2D eigenvalue weighted by Gasteiger charge is 2.24. The molecule has 1 unspecified atom stereocenters. The molecule has 0 aliphatic rings. The van der Waals surface area contributed by atoms with E-state index in [1.165, 1.54) is 0 Å². The van der Waals surface area contributed by atoms with Gasteiger partial charge in [0.15, 0.2) is 14.2 Å². The van der Waals surface area contributed by atoms with Gasteiger partial charge in [0.05, 0.1) is 0 Å². The Balaban J connectivity index is 2.29. The number of hydrogen-bond acceptors (Lipinski definition) is 2. The van der Waals surface area contributed by atoms with Gasteiger partial charge >= 0.3 is 0 Å². The van der Waals surface area contributed by atoms with Crippen LogP contribution < -0.4 is 0 Å².